The fraction of sp³-hybridized carbons (Fsp3) is 0.333. The van der Waals surface area contributed by atoms with E-state index < -0.39 is 20.8 Å². The minimum atomic E-state index is -5.63. The molecule has 1 aromatic carbocycles. The second kappa shape index (κ2) is 7.02. The van der Waals surface area contributed by atoms with E-state index in [1.807, 2.05) is 6.07 Å². The summed E-state index contributed by atoms with van der Waals surface area (Å²) in [5.74, 6) is 0.209. The van der Waals surface area contributed by atoms with Crippen LogP contribution in [-0.2, 0) is 13.9 Å². The number of rotatable bonds is 7. The van der Waals surface area contributed by atoms with Crippen molar-refractivity contribution in [3.63, 3.8) is 0 Å². The second-order valence-corrected chi connectivity index (χ2v) is 8.11. The van der Waals surface area contributed by atoms with E-state index in [0.29, 0.717) is 0 Å². The maximum absolute atomic E-state index is 10.6. The van der Waals surface area contributed by atoms with Gasteiger partial charge in [0.25, 0.3) is 0 Å². The second-order valence-electron chi connectivity index (χ2n) is 3.44. The molecule has 1 rings (SSSR count). The van der Waals surface area contributed by atoms with Gasteiger partial charge in [0.2, 0.25) is 0 Å². The van der Waals surface area contributed by atoms with Crippen molar-refractivity contribution in [3.8, 4) is 0 Å². The highest BCUT2D eigenvalue weighted by Crippen LogP contribution is 2.50. The van der Waals surface area contributed by atoms with Gasteiger partial charge in [0.05, 0.1) is 6.61 Å². The Labute approximate surface area is 114 Å². The van der Waals surface area contributed by atoms with E-state index >= 15 is 0 Å². The van der Waals surface area contributed by atoms with E-state index in [0.717, 1.165) is 4.90 Å². The van der Waals surface area contributed by atoms with Crippen molar-refractivity contribution in [3.05, 3.63) is 30.3 Å². The van der Waals surface area contributed by atoms with Gasteiger partial charge >= 0.3 is 0 Å². The minimum absolute atomic E-state index is 0.209. The number of hydrogen-bond donors (Lipinski definition) is 0. The van der Waals surface area contributed by atoms with Crippen LogP contribution in [0.2, 0.25) is 0 Å². The molecule has 0 aliphatic heterocycles. The first-order valence-corrected chi connectivity index (χ1v) is 9.25. The summed E-state index contributed by atoms with van der Waals surface area (Å²) in [6.07, 6.45) is 0. The molecule has 0 aromatic heterocycles. The lowest BCUT2D eigenvalue weighted by Crippen LogP contribution is -2.36. The van der Waals surface area contributed by atoms with E-state index in [4.69, 9.17) is 0 Å². The van der Waals surface area contributed by atoms with Crippen LogP contribution in [0.4, 0.5) is 0 Å². The molecule has 0 unspecified atom stereocenters. The monoisotopic (exact) mass is 324 g/mol. The summed E-state index contributed by atoms with van der Waals surface area (Å²) in [5.41, 5.74) is -2.84. The number of hydrogen-bond acceptors (Lipinski definition) is 8. The molecule has 0 saturated heterocycles. The summed E-state index contributed by atoms with van der Waals surface area (Å²) < 4.78 is 25.6. The van der Waals surface area contributed by atoms with Crippen molar-refractivity contribution in [2.24, 2.45) is 0 Å². The first kappa shape index (κ1) is 16.9. The van der Waals surface area contributed by atoms with Crippen molar-refractivity contribution in [2.45, 2.75) is 10.5 Å². The average molecular weight is 324 g/mol. The molecule has 0 aliphatic rings. The van der Waals surface area contributed by atoms with E-state index in [1.54, 1.807) is 24.3 Å². The average Bonchev–Trinajstić information content (AvgIpc) is 2.26. The Morgan fingerprint density at radius 1 is 1.05 bits per heavy atom. The van der Waals surface area contributed by atoms with Crippen LogP contribution in [0.25, 0.3) is 0 Å². The van der Waals surface area contributed by atoms with Crippen molar-refractivity contribution < 1.29 is 33.4 Å². The molecular weight excluding hydrogens is 314 g/mol. The molecule has 7 nitrogen and oxygen atoms in total. The van der Waals surface area contributed by atoms with Crippen molar-refractivity contribution in [2.75, 3.05) is 12.4 Å². The third kappa shape index (κ3) is 6.21. The van der Waals surface area contributed by atoms with E-state index in [1.165, 1.54) is 11.8 Å². The summed E-state index contributed by atoms with van der Waals surface area (Å²) in [6.45, 7) is -0.340. The van der Waals surface area contributed by atoms with Gasteiger partial charge in [0, 0.05) is 10.6 Å². The third-order valence-corrected chi connectivity index (χ3v) is 5.96. The van der Waals surface area contributed by atoms with Crippen molar-refractivity contribution >= 4 is 27.0 Å². The Hall–Kier alpha value is -0.170. The van der Waals surface area contributed by atoms with Gasteiger partial charge in [-0.1, -0.05) is 18.2 Å². The number of thioether (sulfide) groups is 1. The smallest absolute Gasteiger partial charge is 0.110 e. The van der Waals surface area contributed by atoms with Crippen LogP contribution in [0.1, 0.15) is 0 Å². The van der Waals surface area contributed by atoms with Gasteiger partial charge in [0.1, 0.15) is 5.59 Å². The van der Waals surface area contributed by atoms with Crippen LogP contribution in [-0.4, -0.2) is 17.9 Å². The van der Waals surface area contributed by atoms with E-state index in [9.17, 15) is 28.7 Å². The molecule has 0 atom stereocenters. The van der Waals surface area contributed by atoms with Crippen molar-refractivity contribution in [1.29, 1.82) is 0 Å². The van der Waals surface area contributed by atoms with E-state index in [-0.39, 0.29) is 12.4 Å². The first-order chi connectivity index (χ1) is 8.71. The zero-order valence-corrected chi connectivity index (χ0v) is 12.1. The SMILES string of the molecule is O=P([O-])([O-])C(OCCSc1ccccc1)P(=O)([O-])[O-]. The topological polar surface area (TPSA) is 136 Å². The fourth-order valence-corrected chi connectivity index (χ4v) is 3.91. The third-order valence-electron chi connectivity index (χ3n) is 1.90. The van der Waals surface area contributed by atoms with Gasteiger partial charge in [-0.05, 0) is 27.3 Å². The molecule has 0 fully saturated rings. The van der Waals surface area contributed by atoms with Gasteiger partial charge < -0.3 is 33.4 Å². The fourth-order valence-electron chi connectivity index (χ4n) is 1.19. The largest absolute Gasteiger partial charge is 0.809 e. The highest BCUT2D eigenvalue weighted by atomic mass is 32.2. The van der Waals surface area contributed by atoms with Crippen LogP contribution >= 0.6 is 27.0 Å². The van der Waals surface area contributed by atoms with Crippen LogP contribution in [0.3, 0.4) is 0 Å². The molecule has 0 heterocycles. The highest BCUT2D eigenvalue weighted by Gasteiger charge is 2.17. The van der Waals surface area contributed by atoms with Gasteiger partial charge in [-0.25, -0.2) is 0 Å². The maximum atomic E-state index is 10.6. The molecular formula is C9H10O7P2S-4. The lowest BCUT2D eigenvalue weighted by Gasteiger charge is -2.48. The molecule has 0 spiro atoms. The van der Waals surface area contributed by atoms with Crippen LogP contribution in [0.15, 0.2) is 35.2 Å². The molecule has 0 N–H and O–H groups in total. The minimum Gasteiger partial charge on any atom is -0.809 e. The maximum Gasteiger partial charge on any atom is 0.110 e. The molecule has 0 radical (unpaired) electrons. The molecule has 0 bridgehead atoms. The molecule has 10 heteroatoms. The Morgan fingerprint density at radius 2 is 1.58 bits per heavy atom. The van der Waals surface area contributed by atoms with Gasteiger partial charge in [-0.15, -0.1) is 11.8 Å². The lowest BCUT2D eigenvalue weighted by atomic mass is 10.4. The predicted molar refractivity (Wildman–Crippen MR) is 62.1 cm³/mol. The van der Waals surface area contributed by atoms with Gasteiger partial charge in [-0.2, -0.15) is 0 Å². The van der Waals surface area contributed by atoms with Crippen LogP contribution in [0, 0.1) is 0 Å². The Kier molecular flexibility index (Phi) is 6.23. The Balaban J connectivity index is 2.46. The predicted octanol–water partition coefficient (Wildman–Crippen LogP) is -1.09. The summed E-state index contributed by atoms with van der Waals surface area (Å²) in [4.78, 5) is 43.3. The van der Waals surface area contributed by atoms with Crippen LogP contribution < -0.4 is 19.6 Å². The Bertz CT molecular complexity index is 461. The normalized spacial score (nSPS) is 12.9. The lowest BCUT2D eigenvalue weighted by molar-refractivity contribution is -0.339. The summed E-state index contributed by atoms with van der Waals surface area (Å²) in [7, 11) is -11.3. The van der Waals surface area contributed by atoms with Crippen molar-refractivity contribution in [1.82, 2.24) is 0 Å². The van der Waals surface area contributed by atoms with Gasteiger partial charge in [0.15, 0.2) is 0 Å². The zero-order valence-electron chi connectivity index (χ0n) is 9.54. The molecule has 1 aromatic rings. The zero-order chi connectivity index (χ0) is 14.5. The summed E-state index contributed by atoms with van der Waals surface area (Å²) >= 11 is 1.27. The molecule has 108 valence electrons. The van der Waals surface area contributed by atoms with E-state index in [2.05, 4.69) is 4.74 Å². The standard InChI is InChI=1S/C9H14O7P2S/c10-17(11,12)9(18(13,14)15)16-6-7-19-8-4-2-1-3-5-8/h1-5,9H,6-7H2,(H2,10,11,12)(H2,13,14,15)/p-4. The van der Waals surface area contributed by atoms with Crippen LogP contribution in [0.5, 0.6) is 0 Å². The summed E-state index contributed by atoms with van der Waals surface area (Å²) in [5, 5.41) is 0. The number of benzene rings is 1. The molecule has 0 aliphatic carbocycles. The highest BCUT2D eigenvalue weighted by molar-refractivity contribution is 7.99. The summed E-state index contributed by atoms with van der Waals surface area (Å²) in [6, 6.07) is 8.98. The first-order valence-electron chi connectivity index (χ1n) is 5.04. The molecule has 19 heavy (non-hydrogen) atoms. The number of ether oxygens (including phenoxy) is 1. The quantitative estimate of drug-likeness (QED) is 0.350. The van der Waals surface area contributed by atoms with Gasteiger partial charge in [-0.3, -0.25) is 0 Å². The molecule has 0 saturated carbocycles. The molecule has 0 amide bonds. The Morgan fingerprint density at radius 3 is 2.05 bits per heavy atom.